The second-order valence-corrected chi connectivity index (χ2v) is 6.20. The van der Waals surface area contributed by atoms with Gasteiger partial charge in [0.05, 0.1) is 0 Å². The van der Waals surface area contributed by atoms with Crippen LogP contribution in [0.5, 0.6) is 0 Å². The summed E-state index contributed by atoms with van der Waals surface area (Å²) in [6, 6.07) is 0.375. The van der Waals surface area contributed by atoms with Gasteiger partial charge in [0.25, 0.3) is 0 Å². The third-order valence-corrected chi connectivity index (χ3v) is 4.77. The largest absolute Gasteiger partial charge is 0.327 e. The molecule has 0 radical (unpaired) electrons. The van der Waals surface area contributed by atoms with Crippen molar-refractivity contribution >= 4 is 0 Å². The minimum Gasteiger partial charge on any atom is -0.327 e. The predicted molar refractivity (Wildman–Crippen MR) is 70.2 cm³/mol. The van der Waals surface area contributed by atoms with E-state index >= 15 is 0 Å². The standard InChI is InChI=1S/C15H27N/c1-11(2)9-15(16)14-8-7-12-5-3-4-6-13(12)10-14/h12-15H,1,3-10,16H2,2H3. The van der Waals surface area contributed by atoms with Gasteiger partial charge in [-0.1, -0.05) is 31.3 Å². The van der Waals surface area contributed by atoms with Crippen molar-refractivity contribution in [3.05, 3.63) is 12.2 Å². The van der Waals surface area contributed by atoms with E-state index in [0.29, 0.717) is 6.04 Å². The van der Waals surface area contributed by atoms with Gasteiger partial charge in [0.1, 0.15) is 0 Å². The van der Waals surface area contributed by atoms with Gasteiger partial charge in [0.2, 0.25) is 0 Å². The van der Waals surface area contributed by atoms with Crippen LogP contribution in [0.1, 0.15) is 58.3 Å². The van der Waals surface area contributed by atoms with Crippen LogP contribution in [-0.2, 0) is 0 Å². The third kappa shape index (κ3) is 2.88. The predicted octanol–water partition coefficient (Wildman–Crippen LogP) is 3.89. The van der Waals surface area contributed by atoms with Crippen molar-refractivity contribution in [1.29, 1.82) is 0 Å². The van der Waals surface area contributed by atoms with Gasteiger partial charge >= 0.3 is 0 Å². The zero-order valence-electron chi connectivity index (χ0n) is 10.8. The van der Waals surface area contributed by atoms with E-state index < -0.39 is 0 Å². The Hall–Kier alpha value is -0.300. The monoisotopic (exact) mass is 221 g/mol. The van der Waals surface area contributed by atoms with Crippen LogP contribution >= 0.6 is 0 Å². The van der Waals surface area contributed by atoms with Crippen LogP contribution in [0.25, 0.3) is 0 Å². The fourth-order valence-corrected chi connectivity index (χ4v) is 3.87. The summed E-state index contributed by atoms with van der Waals surface area (Å²) in [5, 5.41) is 0. The summed E-state index contributed by atoms with van der Waals surface area (Å²) in [6.07, 6.45) is 11.2. The van der Waals surface area contributed by atoms with E-state index in [1.807, 2.05) is 0 Å². The summed E-state index contributed by atoms with van der Waals surface area (Å²) >= 11 is 0. The highest BCUT2D eigenvalue weighted by atomic mass is 14.7. The maximum absolute atomic E-state index is 6.31. The van der Waals surface area contributed by atoms with Gasteiger partial charge in [-0.2, -0.15) is 0 Å². The maximum atomic E-state index is 6.31. The molecule has 2 aliphatic carbocycles. The molecule has 2 N–H and O–H groups in total. The topological polar surface area (TPSA) is 26.0 Å². The van der Waals surface area contributed by atoms with Crippen molar-refractivity contribution in [2.24, 2.45) is 23.5 Å². The van der Waals surface area contributed by atoms with E-state index in [2.05, 4.69) is 13.5 Å². The van der Waals surface area contributed by atoms with Gasteiger partial charge in [0, 0.05) is 6.04 Å². The molecule has 0 heterocycles. The molecule has 1 heteroatoms. The molecule has 2 rings (SSSR count). The average Bonchev–Trinajstić information content (AvgIpc) is 2.27. The van der Waals surface area contributed by atoms with Crippen LogP contribution in [0, 0.1) is 17.8 Å². The van der Waals surface area contributed by atoms with Gasteiger partial charge in [0.15, 0.2) is 0 Å². The maximum Gasteiger partial charge on any atom is 0.0104 e. The van der Waals surface area contributed by atoms with E-state index in [1.165, 1.54) is 50.5 Å². The van der Waals surface area contributed by atoms with Crippen molar-refractivity contribution in [3.8, 4) is 0 Å². The van der Waals surface area contributed by atoms with Gasteiger partial charge in [-0.15, -0.1) is 6.58 Å². The Kier molecular flexibility index (Phi) is 4.07. The SMILES string of the molecule is C=C(C)CC(N)C1CCC2CCCCC2C1. The van der Waals surface area contributed by atoms with E-state index in [1.54, 1.807) is 0 Å². The van der Waals surface area contributed by atoms with Crippen LogP contribution in [0.15, 0.2) is 12.2 Å². The molecule has 4 atom stereocenters. The summed E-state index contributed by atoms with van der Waals surface area (Å²) in [5.74, 6) is 2.82. The molecule has 0 aliphatic heterocycles. The van der Waals surface area contributed by atoms with Gasteiger partial charge in [-0.25, -0.2) is 0 Å². The molecule has 2 saturated carbocycles. The number of hydrogen-bond donors (Lipinski definition) is 1. The van der Waals surface area contributed by atoms with Crippen molar-refractivity contribution in [1.82, 2.24) is 0 Å². The third-order valence-electron chi connectivity index (χ3n) is 4.77. The normalized spacial score (nSPS) is 36.5. The molecule has 0 saturated heterocycles. The molecule has 0 aromatic heterocycles. The van der Waals surface area contributed by atoms with Crippen LogP contribution in [0.2, 0.25) is 0 Å². The van der Waals surface area contributed by atoms with Gasteiger partial charge in [-0.3, -0.25) is 0 Å². The van der Waals surface area contributed by atoms with Crippen LogP contribution < -0.4 is 5.73 Å². The lowest BCUT2D eigenvalue weighted by molar-refractivity contribution is 0.117. The van der Waals surface area contributed by atoms with Crippen molar-refractivity contribution in [2.75, 3.05) is 0 Å². The summed E-state index contributed by atoms with van der Waals surface area (Å²) in [4.78, 5) is 0. The quantitative estimate of drug-likeness (QED) is 0.719. The minimum atomic E-state index is 0.375. The second kappa shape index (κ2) is 5.35. The number of fused-ring (bicyclic) bond motifs is 1. The lowest BCUT2D eigenvalue weighted by Gasteiger charge is -2.41. The summed E-state index contributed by atoms with van der Waals surface area (Å²) in [5.41, 5.74) is 7.56. The van der Waals surface area contributed by atoms with Crippen LogP contribution in [-0.4, -0.2) is 6.04 Å². The van der Waals surface area contributed by atoms with Crippen molar-refractivity contribution in [2.45, 2.75) is 64.3 Å². The first-order chi connectivity index (χ1) is 7.66. The van der Waals surface area contributed by atoms with Gasteiger partial charge in [-0.05, 0) is 50.4 Å². The van der Waals surface area contributed by atoms with E-state index in [-0.39, 0.29) is 0 Å². The first-order valence-corrected chi connectivity index (χ1v) is 7.06. The highest BCUT2D eigenvalue weighted by Gasteiger charge is 2.34. The molecule has 16 heavy (non-hydrogen) atoms. The highest BCUT2D eigenvalue weighted by molar-refractivity contribution is 4.96. The second-order valence-electron chi connectivity index (χ2n) is 6.20. The molecular formula is C15H27N. The molecule has 0 spiro atoms. The van der Waals surface area contributed by atoms with Crippen molar-refractivity contribution in [3.63, 3.8) is 0 Å². The Morgan fingerprint density at radius 2 is 1.88 bits per heavy atom. The summed E-state index contributed by atoms with van der Waals surface area (Å²) in [7, 11) is 0. The van der Waals surface area contributed by atoms with Gasteiger partial charge < -0.3 is 5.73 Å². The number of rotatable bonds is 3. The Labute approximate surface area is 100 Å². The molecular weight excluding hydrogens is 194 g/mol. The van der Waals surface area contributed by atoms with Crippen LogP contribution in [0.3, 0.4) is 0 Å². The average molecular weight is 221 g/mol. The zero-order chi connectivity index (χ0) is 11.5. The smallest absolute Gasteiger partial charge is 0.0104 e. The first kappa shape index (κ1) is 12.2. The Balaban J connectivity index is 1.86. The molecule has 1 nitrogen and oxygen atoms in total. The summed E-state index contributed by atoms with van der Waals surface area (Å²) < 4.78 is 0. The fourth-order valence-electron chi connectivity index (χ4n) is 3.87. The molecule has 92 valence electrons. The lowest BCUT2D eigenvalue weighted by atomic mass is 9.66. The van der Waals surface area contributed by atoms with Crippen LogP contribution in [0.4, 0.5) is 0 Å². The first-order valence-electron chi connectivity index (χ1n) is 7.06. The molecule has 0 amide bonds. The Bertz CT molecular complexity index is 246. The Morgan fingerprint density at radius 1 is 1.19 bits per heavy atom. The summed E-state index contributed by atoms with van der Waals surface area (Å²) in [6.45, 7) is 6.09. The number of hydrogen-bond acceptors (Lipinski definition) is 1. The minimum absolute atomic E-state index is 0.375. The number of nitrogens with two attached hydrogens (primary N) is 1. The fraction of sp³-hybridized carbons (Fsp3) is 0.867. The molecule has 2 aliphatic rings. The van der Waals surface area contributed by atoms with E-state index in [0.717, 1.165) is 24.2 Å². The lowest BCUT2D eigenvalue weighted by Crippen LogP contribution is -2.37. The molecule has 0 aromatic carbocycles. The molecule has 0 aromatic rings. The molecule has 2 fully saturated rings. The molecule has 4 unspecified atom stereocenters. The van der Waals surface area contributed by atoms with E-state index in [4.69, 9.17) is 5.73 Å². The van der Waals surface area contributed by atoms with Crippen molar-refractivity contribution < 1.29 is 0 Å². The Morgan fingerprint density at radius 3 is 2.56 bits per heavy atom. The zero-order valence-corrected chi connectivity index (χ0v) is 10.8. The molecule has 0 bridgehead atoms. The van der Waals surface area contributed by atoms with E-state index in [9.17, 15) is 0 Å². The highest BCUT2D eigenvalue weighted by Crippen LogP contribution is 2.43.